The van der Waals surface area contributed by atoms with Gasteiger partial charge in [-0.3, -0.25) is 0 Å². The fourth-order valence-corrected chi connectivity index (χ4v) is 13.2. The summed E-state index contributed by atoms with van der Waals surface area (Å²) in [5, 5.41) is 11.0. The molecular formula is C56H42. The molecule has 9 aromatic carbocycles. The average Bonchev–Trinajstić information content (AvgIpc) is 3.56. The van der Waals surface area contributed by atoms with Crippen LogP contribution in [0.15, 0.2) is 170 Å². The van der Waals surface area contributed by atoms with Gasteiger partial charge < -0.3 is 0 Å². The summed E-state index contributed by atoms with van der Waals surface area (Å²) >= 11 is 0. The van der Waals surface area contributed by atoms with E-state index in [0.29, 0.717) is 11.8 Å². The van der Waals surface area contributed by atoms with E-state index < -0.39 is 0 Å². The van der Waals surface area contributed by atoms with Crippen molar-refractivity contribution < 1.29 is 0 Å². The van der Waals surface area contributed by atoms with Gasteiger partial charge in [0.1, 0.15) is 0 Å². The topological polar surface area (TPSA) is 0 Å². The van der Waals surface area contributed by atoms with E-state index in [-0.39, 0.29) is 5.41 Å². The smallest absolute Gasteiger partial charge is 0.0284 e. The Morgan fingerprint density at radius 2 is 0.750 bits per heavy atom. The summed E-state index contributed by atoms with van der Waals surface area (Å²) in [7, 11) is 0. The van der Waals surface area contributed by atoms with Crippen LogP contribution in [-0.2, 0) is 5.41 Å². The van der Waals surface area contributed by atoms with Gasteiger partial charge in [0.15, 0.2) is 0 Å². The third-order valence-corrected chi connectivity index (χ3v) is 15.0. The monoisotopic (exact) mass is 714 g/mol. The third-order valence-electron chi connectivity index (χ3n) is 15.0. The SMILES string of the molecule is c1ccc(-c2ccc(-c3c4ccccc4c(-c4ccc5ccc6c(c5c4)C4(c5c-6ccc6ccccc56)C5CC6CC(C5)CC4C6)c4ccccc34)cc2)cc1. The lowest BCUT2D eigenvalue weighted by Crippen LogP contribution is -2.55. The van der Waals surface area contributed by atoms with Gasteiger partial charge in [-0.1, -0.05) is 164 Å². The minimum absolute atomic E-state index is 0.0665. The molecule has 4 saturated carbocycles. The Balaban J connectivity index is 1.07. The number of fused-ring (bicyclic) bond motifs is 9. The predicted octanol–water partition coefficient (Wildman–Crippen LogP) is 15.0. The van der Waals surface area contributed by atoms with Crippen molar-refractivity contribution in [1.29, 1.82) is 0 Å². The third kappa shape index (κ3) is 4.15. The van der Waals surface area contributed by atoms with E-state index in [1.165, 1.54) is 120 Å². The van der Waals surface area contributed by atoms with Gasteiger partial charge in [0, 0.05) is 5.41 Å². The fraction of sp³-hybridized carbons (Fsp3) is 0.179. The van der Waals surface area contributed by atoms with Gasteiger partial charge in [0.05, 0.1) is 0 Å². The first-order valence-corrected chi connectivity index (χ1v) is 20.9. The largest absolute Gasteiger partial charge is 0.0622 e. The molecule has 0 unspecified atom stereocenters. The molecule has 0 radical (unpaired) electrons. The van der Waals surface area contributed by atoms with Crippen LogP contribution in [0.4, 0.5) is 0 Å². The van der Waals surface area contributed by atoms with Crippen LogP contribution in [0, 0.1) is 23.7 Å². The Hall–Kier alpha value is -5.98. The molecule has 266 valence electrons. The van der Waals surface area contributed by atoms with Crippen LogP contribution in [0.5, 0.6) is 0 Å². The van der Waals surface area contributed by atoms with E-state index in [0.717, 1.165) is 11.8 Å². The number of hydrogen-bond acceptors (Lipinski definition) is 0. The highest BCUT2D eigenvalue weighted by Gasteiger charge is 2.62. The molecule has 0 heterocycles. The van der Waals surface area contributed by atoms with Gasteiger partial charge in [-0.25, -0.2) is 0 Å². The second-order valence-electron chi connectivity index (χ2n) is 17.6. The zero-order valence-corrected chi connectivity index (χ0v) is 31.5. The molecule has 4 bridgehead atoms. The van der Waals surface area contributed by atoms with E-state index in [2.05, 4.69) is 170 Å². The Kier molecular flexibility index (Phi) is 6.43. The molecule has 5 aliphatic carbocycles. The predicted molar refractivity (Wildman–Crippen MR) is 236 cm³/mol. The summed E-state index contributed by atoms with van der Waals surface area (Å²) in [6.45, 7) is 0. The maximum atomic E-state index is 2.62. The van der Waals surface area contributed by atoms with Gasteiger partial charge in [-0.2, -0.15) is 0 Å². The molecule has 0 aromatic heterocycles. The van der Waals surface area contributed by atoms with Crippen LogP contribution >= 0.6 is 0 Å². The minimum Gasteiger partial charge on any atom is -0.0622 e. The molecule has 0 heteroatoms. The highest BCUT2D eigenvalue weighted by Crippen LogP contribution is 2.71. The van der Waals surface area contributed by atoms with Crippen molar-refractivity contribution in [2.24, 2.45) is 23.7 Å². The molecule has 0 aliphatic heterocycles. The summed E-state index contributed by atoms with van der Waals surface area (Å²) in [6.07, 6.45) is 7.00. The summed E-state index contributed by atoms with van der Waals surface area (Å²) in [4.78, 5) is 0. The van der Waals surface area contributed by atoms with Gasteiger partial charge in [0.2, 0.25) is 0 Å². The van der Waals surface area contributed by atoms with Crippen molar-refractivity contribution in [3.8, 4) is 44.5 Å². The van der Waals surface area contributed by atoms with Crippen molar-refractivity contribution >= 4 is 43.1 Å². The molecule has 0 N–H and O–H groups in total. The lowest BCUT2D eigenvalue weighted by Gasteiger charge is -2.61. The first-order valence-electron chi connectivity index (χ1n) is 20.9. The molecule has 4 fully saturated rings. The van der Waals surface area contributed by atoms with E-state index in [1.807, 2.05) is 0 Å². The van der Waals surface area contributed by atoms with Crippen LogP contribution in [0.3, 0.4) is 0 Å². The van der Waals surface area contributed by atoms with Crippen LogP contribution in [-0.4, -0.2) is 0 Å². The molecule has 0 saturated heterocycles. The Labute approximate surface area is 328 Å². The molecule has 1 spiro atoms. The Bertz CT molecular complexity index is 2990. The average molecular weight is 715 g/mol. The summed E-state index contributed by atoms with van der Waals surface area (Å²) in [5.41, 5.74) is 14.1. The zero-order chi connectivity index (χ0) is 36.5. The van der Waals surface area contributed by atoms with Crippen molar-refractivity contribution in [2.45, 2.75) is 37.5 Å². The molecule has 9 aromatic rings. The Morgan fingerprint density at radius 1 is 0.321 bits per heavy atom. The van der Waals surface area contributed by atoms with Crippen molar-refractivity contribution in [3.63, 3.8) is 0 Å². The molecule has 0 nitrogen and oxygen atoms in total. The van der Waals surface area contributed by atoms with Crippen molar-refractivity contribution in [3.05, 3.63) is 181 Å². The van der Waals surface area contributed by atoms with E-state index in [4.69, 9.17) is 0 Å². The van der Waals surface area contributed by atoms with E-state index in [1.54, 1.807) is 11.1 Å². The second-order valence-corrected chi connectivity index (χ2v) is 17.6. The van der Waals surface area contributed by atoms with Gasteiger partial charge >= 0.3 is 0 Å². The molecule has 56 heavy (non-hydrogen) atoms. The quantitative estimate of drug-likeness (QED) is 0.160. The zero-order valence-electron chi connectivity index (χ0n) is 31.5. The minimum atomic E-state index is 0.0665. The van der Waals surface area contributed by atoms with Crippen molar-refractivity contribution in [2.75, 3.05) is 0 Å². The van der Waals surface area contributed by atoms with Crippen LogP contribution in [0.25, 0.3) is 87.6 Å². The standard InChI is InChI=1S/C56H42/c1-2-10-36(11-3-1)37-18-21-40(22-19-37)52-45-14-6-8-16-47(45)53(48-17-9-7-15-46(48)52)41-23-20-39-25-27-50-49-26-24-38-12-4-5-13-44(38)54(49)56(55(50)51(39)33-41)42-29-34-28-35(31-42)32-43(56)30-34/h1-27,33-35,42-43H,28-32H2. The van der Waals surface area contributed by atoms with Crippen LogP contribution < -0.4 is 0 Å². The molecule has 14 rings (SSSR count). The summed E-state index contributed by atoms with van der Waals surface area (Å²) < 4.78 is 0. The first kappa shape index (κ1) is 31.2. The molecule has 0 atom stereocenters. The van der Waals surface area contributed by atoms with Gasteiger partial charge in [0.25, 0.3) is 0 Å². The van der Waals surface area contributed by atoms with Gasteiger partial charge in [-0.15, -0.1) is 0 Å². The fourth-order valence-electron chi connectivity index (χ4n) is 13.2. The van der Waals surface area contributed by atoms with Crippen molar-refractivity contribution in [1.82, 2.24) is 0 Å². The maximum Gasteiger partial charge on any atom is 0.0284 e. The van der Waals surface area contributed by atoms with Crippen LogP contribution in [0.1, 0.15) is 43.2 Å². The highest BCUT2D eigenvalue weighted by atomic mass is 14.7. The number of rotatable bonds is 3. The maximum absolute atomic E-state index is 2.62. The molecule has 5 aliphatic rings. The lowest BCUT2D eigenvalue weighted by atomic mass is 9.42. The summed E-state index contributed by atoms with van der Waals surface area (Å²) in [5.74, 6) is 3.21. The number of hydrogen-bond donors (Lipinski definition) is 0. The van der Waals surface area contributed by atoms with E-state index >= 15 is 0 Å². The van der Waals surface area contributed by atoms with E-state index in [9.17, 15) is 0 Å². The highest BCUT2D eigenvalue weighted by molar-refractivity contribution is 6.22. The number of benzene rings is 9. The first-order chi connectivity index (χ1) is 27.7. The normalized spacial score (nSPS) is 23.1. The summed E-state index contributed by atoms with van der Waals surface area (Å²) in [6, 6.07) is 64.8. The second kappa shape index (κ2) is 11.5. The molecule has 0 amide bonds. The Morgan fingerprint density at radius 3 is 1.36 bits per heavy atom. The van der Waals surface area contributed by atoms with Gasteiger partial charge in [-0.05, 0) is 161 Å². The molecular weight excluding hydrogens is 673 g/mol. The lowest BCUT2D eigenvalue weighted by molar-refractivity contribution is -0.0388. The van der Waals surface area contributed by atoms with Crippen LogP contribution in [0.2, 0.25) is 0 Å².